The van der Waals surface area contributed by atoms with Crippen molar-refractivity contribution < 1.29 is 4.74 Å². The number of rotatable bonds is 4. The van der Waals surface area contributed by atoms with Crippen LogP contribution in [0.5, 0.6) is 0 Å². The summed E-state index contributed by atoms with van der Waals surface area (Å²) in [6.07, 6.45) is 2.51. The average Bonchev–Trinajstić information content (AvgIpc) is 3.08. The van der Waals surface area contributed by atoms with Crippen LogP contribution in [0.4, 0.5) is 5.82 Å². The van der Waals surface area contributed by atoms with Crippen LogP contribution in [0.2, 0.25) is 0 Å². The standard InChI is InChI=1S/C11H16IN3O/c1-6-8(12)10(13-2)15-11(14-6)9(16-3)7-4-5-7/h7,9H,4-5H2,1-3H3,(H,13,14,15). The molecule has 5 heteroatoms. The molecule has 0 spiro atoms. The summed E-state index contributed by atoms with van der Waals surface area (Å²) in [6, 6.07) is 0. The summed E-state index contributed by atoms with van der Waals surface area (Å²) in [5, 5.41) is 3.10. The molecule has 0 aliphatic heterocycles. The zero-order valence-corrected chi connectivity index (χ0v) is 11.9. The van der Waals surface area contributed by atoms with Crippen LogP contribution < -0.4 is 5.32 Å². The van der Waals surface area contributed by atoms with Crippen LogP contribution in [-0.4, -0.2) is 24.1 Å². The molecule has 2 rings (SSSR count). The van der Waals surface area contributed by atoms with Gasteiger partial charge in [-0.05, 0) is 48.3 Å². The van der Waals surface area contributed by atoms with Gasteiger partial charge in [0, 0.05) is 14.2 Å². The summed E-state index contributed by atoms with van der Waals surface area (Å²) in [5.74, 6) is 2.31. The molecule has 16 heavy (non-hydrogen) atoms. The van der Waals surface area contributed by atoms with Gasteiger partial charge in [0.05, 0.1) is 9.26 Å². The highest BCUT2D eigenvalue weighted by Crippen LogP contribution is 2.42. The van der Waals surface area contributed by atoms with E-state index in [0.717, 1.165) is 20.9 Å². The van der Waals surface area contributed by atoms with Gasteiger partial charge < -0.3 is 10.1 Å². The van der Waals surface area contributed by atoms with Gasteiger partial charge in [-0.1, -0.05) is 0 Å². The van der Waals surface area contributed by atoms with E-state index in [0.29, 0.717) is 5.92 Å². The van der Waals surface area contributed by atoms with Gasteiger partial charge in [-0.25, -0.2) is 9.97 Å². The van der Waals surface area contributed by atoms with Gasteiger partial charge in [-0.3, -0.25) is 0 Å². The summed E-state index contributed by atoms with van der Waals surface area (Å²) in [6.45, 7) is 2.01. The average molecular weight is 333 g/mol. The Bertz CT molecular complexity index is 393. The first kappa shape index (κ1) is 12.0. The summed E-state index contributed by atoms with van der Waals surface area (Å²) in [4.78, 5) is 9.06. The molecular weight excluding hydrogens is 317 g/mol. The van der Waals surface area contributed by atoms with Gasteiger partial charge in [-0.2, -0.15) is 0 Å². The van der Waals surface area contributed by atoms with Crippen LogP contribution in [0, 0.1) is 16.4 Å². The van der Waals surface area contributed by atoms with Gasteiger partial charge in [0.2, 0.25) is 0 Å². The number of nitrogens with one attached hydrogen (secondary N) is 1. The van der Waals surface area contributed by atoms with Crippen molar-refractivity contribution in [2.75, 3.05) is 19.5 Å². The van der Waals surface area contributed by atoms with E-state index >= 15 is 0 Å². The van der Waals surface area contributed by atoms with Crippen molar-refractivity contribution in [3.05, 3.63) is 15.1 Å². The zero-order chi connectivity index (χ0) is 11.7. The molecular formula is C11H16IN3O. The minimum absolute atomic E-state index is 0.0581. The van der Waals surface area contributed by atoms with E-state index in [-0.39, 0.29) is 6.10 Å². The third-order valence-electron chi connectivity index (χ3n) is 2.83. The topological polar surface area (TPSA) is 47.0 Å². The number of nitrogens with zero attached hydrogens (tertiary/aromatic N) is 2. The molecule has 0 radical (unpaired) electrons. The lowest BCUT2D eigenvalue weighted by atomic mass is 10.2. The minimum atomic E-state index is 0.0581. The zero-order valence-electron chi connectivity index (χ0n) is 9.75. The minimum Gasteiger partial charge on any atom is -0.373 e. The Balaban J connectivity index is 2.36. The highest BCUT2D eigenvalue weighted by molar-refractivity contribution is 14.1. The van der Waals surface area contributed by atoms with Gasteiger partial charge in [0.1, 0.15) is 11.9 Å². The van der Waals surface area contributed by atoms with E-state index in [1.54, 1.807) is 7.11 Å². The highest BCUT2D eigenvalue weighted by atomic mass is 127. The number of anilines is 1. The van der Waals surface area contributed by atoms with Crippen molar-refractivity contribution >= 4 is 28.4 Å². The summed E-state index contributed by atoms with van der Waals surface area (Å²) < 4.78 is 6.58. The summed E-state index contributed by atoms with van der Waals surface area (Å²) in [7, 11) is 3.62. The van der Waals surface area contributed by atoms with Crippen molar-refractivity contribution in [2.24, 2.45) is 5.92 Å². The molecule has 1 unspecified atom stereocenters. The number of aryl methyl sites for hydroxylation is 1. The van der Waals surface area contributed by atoms with Crippen molar-refractivity contribution in [1.82, 2.24) is 9.97 Å². The molecule has 1 N–H and O–H groups in total. The van der Waals surface area contributed by atoms with Crippen LogP contribution >= 0.6 is 22.6 Å². The van der Waals surface area contributed by atoms with E-state index in [4.69, 9.17) is 4.74 Å². The number of methoxy groups -OCH3 is 1. The smallest absolute Gasteiger partial charge is 0.160 e. The van der Waals surface area contributed by atoms with Crippen molar-refractivity contribution in [1.29, 1.82) is 0 Å². The quantitative estimate of drug-likeness (QED) is 0.861. The van der Waals surface area contributed by atoms with E-state index < -0.39 is 0 Å². The summed E-state index contributed by atoms with van der Waals surface area (Å²) in [5.41, 5.74) is 1.01. The van der Waals surface area contributed by atoms with E-state index in [1.165, 1.54) is 12.8 Å². The van der Waals surface area contributed by atoms with Crippen LogP contribution in [0.3, 0.4) is 0 Å². The van der Waals surface area contributed by atoms with Gasteiger partial charge in [0.15, 0.2) is 5.82 Å². The van der Waals surface area contributed by atoms with Crippen LogP contribution in [0.25, 0.3) is 0 Å². The second-order valence-corrected chi connectivity index (χ2v) is 5.15. The number of aromatic nitrogens is 2. The molecule has 0 saturated heterocycles. The number of halogens is 1. The molecule has 1 aliphatic carbocycles. The fraction of sp³-hybridized carbons (Fsp3) is 0.636. The molecule has 1 fully saturated rings. The van der Waals surface area contributed by atoms with Crippen molar-refractivity contribution in [3.8, 4) is 0 Å². The Hall–Kier alpha value is -0.430. The fourth-order valence-corrected chi connectivity index (χ4v) is 2.29. The molecule has 1 heterocycles. The second kappa shape index (κ2) is 4.83. The molecule has 1 aromatic rings. The fourth-order valence-electron chi connectivity index (χ4n) is 1.78. The lowest BCUT2D eigenvalue weighted by Crippen LogP contribution is -2.12. The number of hydrogen-bond acceptors (Lipinski definition) is 4. The Labute approximate surface area is 109 Å². The first-order chi connectivity index (χ1) is 7.67. The third-order valence-corrected chi connectivity index (χ3v) is 4.12. The molecule has 88 valence electrons. The number of hydrogen-bond donors (Lipinski definition) is 1. The maximum Gasteiger partial charge on any atom is 0.160 e. The van der Waals surface area contributed by atoms with Gasteiger partial charge in [-0.15, -0.1) is 0 Å². The number of ether oxygens (including phenoxy) is 1. The first-order valence-electron chi connectivity index (χ1n) is 5.42. The maximum absolute atomic E-state index is 5.50. The SMILES string of the molecule is CNc1nc(C(OC)C2CC2)nc(C)c1I. The molecule has 1 aromatic heterocycles. The Kier molecular flexibility index (Phi) is 3.63. The molecule has 0 bridgehead atoms. The first-order valence-corrected chi connectivity index (χ1v) is 6.49. The monoisotopic (exact) mass is 333 g/mol. The predicted molar refractivity (Wildman–Crippen MR) is 71.5 cm³/mol. The molecule has 0 aromatic carbocycles. The normalized spacial score (nSPS) is 17.2. The maximum atomic E-state index is 5.50. The largest absolute Gasteiger partial charge is 0.373 e. The lowest BCUT2D eigenvalue weighted by molar-refractivity contribution is 0.0771. The predicted octanol–water partition coefficient (Wildman–Crippen LogP) is 2.53. The molecule has 1 saturated carbocycles. The van der Waals surface area contributed by atoms with Crippen LogP contribution in [-0.2, 0) is 4.74 Å². The van der Waals surface area contributed by atoms with E-state index in [9.17, 15) is 0 Å². The summed E-state index contributed by atoms with van der Waals surface area (Å²) >= 11 is 2.26. The van der Waals surface area contributed by atoms with E-state index in [2.05, 4.69) is 37.9 Å². The van der Waals surface area contributed by atoms with Crippen LogP contribution in [0.1, 0.15) is 30.5 Å². The van der Waals surface area contributed by atoms with Crippen molar-refractivity contribution in [3.63, 3.8) is 0 Å². The Morgan fingerprint density at radius 1 is 1.44 bits per heavy atom. The third kappa shape index (κ3) is 2.29. The molecule has 1 atom stereocenters. The molecule has 0 amide bonds. The highest BCUT2D eigenvalue weighted by Gasteiger charge is 2.34. The lowest BCUT2D eigenvalue weighted by Gasteiger charge is -2.15. The van der Waals surface area contributed by atoms with Gasteiger partial charge in [0.25, 0.3) is 0 Å². The van der Waals surface area contributed by atoms with E-state index in [1.807, 2.05) is 14.0 Å². The van der Waals surface area contributed by atoms with Crippen LogP contribution in [0.15, 0.2) is 0 Å². The second-order valence-electron chi connectivity index (χ2n) is 4.07. The Morgan fingerprint density at radius 3 is 2.62 bits per heavy atom. The molecule has 4 nitrogen and oxygen atoms in total. The molecule has 1 aliphatic rings. The van der Waals surface area contributed by atoms with Gasteiger partial charge >= 0.3 is 0 Å². The van der Waals surface area contributed by atoms with Crippen molar-refractivity contribution in [2.45, 2.75) is 25.9 Å². The Morgan fingerprint density at radius 2 is 2.12 bits per heavy atom.